The Balaban J connectivity index is 2.14. The van der Waals surface area contributed by atoms with E-state index in [1.807, 2.05) is 30.3 Å². The Morgan fingerprint density at radius 1 is 1.35 bits per heavy atom. The summed E-state index contributed by atoms with van der Waals surface area (Å²) in [5, 5.41) is 0. The van der Waals surface area contributed by atoms with E-state index in [-0.39, 0.29) is 5.91 Å². The smallest absolute Gasteiger partial charge is 0.292 e. The van der Waals surface area contributed by atoms with E-state index in [9.17, 15) is 4.79 Å². The van der Waals surface area contributed by atoms with Gasteiger partial charge in [0.1, 0.15) is 0 Å². The van der Waals surface area contributed by atoms with Crippen LogP contribution in [0.2, 0.25) is 0 Å². The zero-order chi connectivity index (χ0) is 12.3. The summed E-state index contributed by atoms with van der Waals surface area (Å²) >= 11 is 3.37. The van der Waals surface area contributed by atoms with Gasteiger partial charge in [0.15, 0.2) is 5.76 Å². The van der Waals surface area contributed by atoms with Crippen molar-refractivity contribution in [2.24, 2.45) is 0 Å². The molecule has 0 aliphatic carbocycles. The molecule has 4 heteroatoms. The fourth-order valence-electron chi connectivity index (χ4n) is 1.65. The number of allylic oxidation sites excluding steroid dienone is 1. The van der Waals surface area contributed by atoms with Gasteiger partial charge in [0.05, 0.1) is 6.61 Å². The first-order chi connectivity index (χ1) is 8.18. The summed E-state index contributed by atoms with van der Waals surface area (Å²) in [6, 6.07) is 7.61. The molecule has 0 aromatic heterocycles. The molecule has 0 saturated heterocycles. The molecule has 1 amide bonds. The number of benzene rings is 1. The molecule has 1 heterocycles. The number of hydrogen-bond acceptors (Lipinski definition) is 2. The largest absolute Gasteiger partial charge is 0.488 e. The highest BCUT2D eigenvalue weighted by Crippen LogP contribution is 2.20. The highest BCUT2D eigenvalue weighted by molar-refractivity contribution is 9.10. The predicted molar refractivity (Wildman–Crippen MR) is 70.8 cm³/mol. The second kappa shape index (κ2) is 5.36. The quantitative estimate of drug-likeness (QED) is 0.839. The van der Waals surface area contributed by atoms with Gasteiger partial charge in [0.25, 0.3) is 5.91 Å². The summed E-state index contributed by atoms with van der Waals surface area (Å²) in [5.41, 5.74) is 0.855. The molecule has 1 aromatic carbocycles. The van der Waals surface area contributed by atoms with Crippen LogP contribution in [0, 0.1) is 0 Å². The van der Waals surface area contributed by atoms with Crippen molar-refractivity contribution in [3.63, 3.8) is 0 Å². The van der Waals surface area contributed by atoms with E-state index < -0.39 is 0 Å². The lowest BCUT2D eigenvalue weighted by atomic mass is 10.2. The molecule has 0 saturated carbocycles. The van der Waals surface area contributed by atoms with Gasteiger partial charge in [0, 0.05) is 17.2 Å². The number of carbonyl (C=O) groups is 1. The maximum Gasteiger partial charge on any atom is 0.292 e. The van der Waals surface area contributed by atoms with Crippen LogP contribution in [0.25, 0.3) is 0 Å². The maximum atomic E-state index is 12.1. The Morgan fingerprint density at radius 3 is 2.65 bits per heavy atom. The molecular weight excluding hydrogens is 282 g/mol. The average molecular weight is 296 g/mol. The van der Waals surface area contributed by atoms with E-state index in [1.165, 1.54) is 0 Å². The zero-order valence-corrected chi connectivity index (χ0v) is 11.2. The fraction of sp³-hybridized carbons (Fsp3) is 0.308. The fourth-order valence-corrected chi connectivity index (χ4v) is 1.92. The molecule has 0 fully saturated rings. The van der Waals surface area contributed by atoms with E-state index in [0.717, 1.165) is 23.0 Å². The van der Waals surface area contributed by atoms with Crippen LogP contribution in [0.5, 0.6) is 0 Å². The number of amides is 1. The molecule has 3 nitrogen and oxygen atoms in total. The Bertz CT molecular complexity index is 439. The van der Waals surface area contributed by atoms with Gasteiger partial charge in [0.2, 0.25) is 0 Å². The maximum absolute atomic E-state index is 12.1. The van der Waals surface area contributed by atoms with Crippen molar-refractivity contribution in [3.8, 4) is 0 Å². The van der Waals surface area contributed by atoms with E-state index >= 15 is 0 Å². The number of likely N-dealkylation sites (N-methyl/N-ethyl adjacent to an activating group) is 1. The van der Waals surface area contributed by atoms with Crippen LogP contribution in [0.15, 0.2) is 40.6 Å². The molecular formula is C13H14BrNO2. The SMILES string of the molecule is CN(C(=O)C1=CCCCO1)c1ccc(Br)cc1. The van der Waals surface area contributed by atoms with Crippen LogP contribution in [-0.2, 0) is 9.53 Å². The number of carbonyl (C=O) groups excluding carboxylic acids is 1. The van der Waals surface area contributed by atoms with Crippen molar-refractivity contribution in [1.82, 2.24) is 0 Å². The third kappa shape index (κ3) is 2.88. The summed E-state index contributed by atoms with van der Waals surface area (Å²) in [4.78, 5) is 13.7. The number of ether oxygens (including phenoxy) is 1. The first kappa shape index (κ1) is 12.2. The summed E-state index contributed by atoms with van der Waals surface area (Å²) in [7, 11) is 1.75. The van der Waals surface area contributed by atoms with Crippen molar-refractivity contribution in [2.45, 2.75) is 12.8 Å². The van der Waals surface area contributed by atoms with E-state index in [2.05, 4.69) is 15.9 Å². The number of hydrogen-bond donors (Lipinski definition) is 0. The minimum atomic E-state index is -0.0907. The first-order valence-electron chi connectivity index (χ1n) is 5.55. The first-order valence-corrected chi connectivity index (χ1v) is 6.34. The van der Waals surface area contributed by atoms with Crippen molar-refractivity contribution in [3.05, 3.63) is 40.6 Å². The normalized spacial score (nSPS) is 14.8. The molecule has 0 spiro atoms. The minimum Gasteiger partial charge on any atom is -0.488 e. The van der Waals surface area contributed by atoms with Crippen molar-refractivity contribution in [2.75, 3.05) is 18.6 Å². The Labute approximate surface area is 109 Å². The summed E-state index contributed by atoms with van der Waals surface area (Å²) < 4.78 is 6.36. The molecule has 1 aliphatic rings. The molecule has 1 aromatic rings. The number of halogens is 1. The molecule has 17 heavy (non-hydrogen) atoms. The number of rotatable bonds is 2. The van der Waals surface area contributed by atoms with Gasteiger partial charge in [-0.25, -0.2) is 0 Å². The Kier molecular flexibility index (Phi) is 3.84. The second-order valence-electron chi connectivity index (χ2n) is 3.90. The highest BCUT2D eigenvalue weighted by atomic mass is 79.9. The molecule has 0 atom stereocenters. The van der Waals surface area contributed by atoms with Crippen LogP contribution in [0.1, 0.15) is 12.8 Å². The van der Waals surface area contributed by atoms with Gasteiger partial charge in [-0.1, -0.05) is 15.9 Å². The molecule has 0 radical (unpaired) electrons. The predicted octanol–water partition coefficient (Wildman–Crippen LogP) is 3.11. The molecule has 2 rings (SSSR count). The minimum absolute atomic E-state index is 0.0907. The number of anilines is 1. The van der Waals surface area contributed by atoms with Gasteiger partial charge >= 0.3 is 0 Å². The van der Waals surface area contributed by atoms with Crippen LogP contribution < -0.4 is 4.90 Å². The Morgan fingerprint density at radius 2 is 2.06 bits per heavy atom. The lowest BCUT2D eigenvalue weighted by molar-refractivity contribution is -0.118. The van der Waals surface area contributed by atoms with E-state index in [0.29, 0.717) is 12.4 Å². The second-order valence-corrected chi connectivity index (χ2v) is 4.82. The van der Waals surface area contributed by atoms with Gasteiger partial charge in [-0.2, -0.15) is 0 Å². The molecule has 1 aliphatic heterocycles. The molecule has 0 N–H and O–H groups in total. The van der Waals surface area contributed by atoms with Gasteiger partial charge in [-0.15, -0.1) is 0 Å². The van der Waals surface area contributed by atoms with E-state index in [4.69, 9.17) is 4.74 Å². The molecule has 0 bridgehead atoms. The lowest BCUT2D eigenvalue weighted by Gasteiger charge is -2.21. The third-order valence-corrected chi connectivity index (χ3v) is 3.19. The van der Waals surface area contributed by atoms with Crippen LogP contribution in [-0.4, -0.2) is 19.6 Å². The molecule has 0 unspecified atom stereocenters. The monoisotopic (exact) mass is 295 g/mol. The van der Waals surface area contributed by atoms with Crippen LogP contribution >= 0.6 is 15.9 Å². The lowest BCUT2D eigenvalue weighted by Crippen LogP contribution is -2.29. The number of nitrogens with zero attached hydrogens (tertiary/aromatic N) is 1. The van der Waals surface area contributed by atoms with Crippen molar-refractivity contribution < 1.29 is 9.53 Å². The van der Waals surface area contributed by atoms with Crippen molar-refractivity contribution in [1.29, 1.82) is 0 Å². The van der Waals surface area contributed by atoms with Gasteiger partial charge in [-0.3, -0.25) is 4.79 Å². The summed E-state index contributed by atoms with van der Waals surface area (Å²) in [5.74, 6) is 0.369. The van der Waals surface area contributed by atoms with E-state index in [1.54, 1.807) is 11.9 Å². The standard InChI is InChI=1S/C13H14BrNO2/c1-15(11-7-5-10(14)6-8-11)13(16)12-4-2-3-9-17-12/h4-8H,2-3,9H2,1H3. The highest BCUT2D eigenvalue weighted by Gasteiger charge is 2.19. The van der Waals surface area contributed by atoms with Gasteiger partial charge < -0.3 is 9.64 Å². The summed E-state index contributed by atoms with van der Waals surface area (Å²) in [6.45, 7) is 0.631. The average Bonchev–Trinajstić information content (AvgIpc) is 2.39. The van der Waals surface area contributed by atoms with Gasteiger partial charge in [-0.05, 0) is 43.2 Å². The molecule has 90 valence electrons. The van der Waals surface area contributed by atoms with Crippen molar-refractivity contribution >= 4 is 27.5 Å². The Hall–Kier alpha value is -1.29. The summed E-state index contributed by atoms with van der Waals surface area (Å²) in [6.07, 6.45) is 3.76. The van der Waals surface area contributed by atoms with Crippen LogP contribution in [0.4, 0.5) is 5.69 Å². The zero-order valence-electron chi connectivity index (χ0n) is 9.65. The van der Waals surface area contributed by atoms with Crippen LogP contribution in [0.3, 0.4) is 0 Å². The third-order valence-electron chi connectivity index (χ3n) is 2.67. The topological polar surface area (TPSA) is 29.5 Å².